The number of halogens is 5. The summed E-state index contributed by atoms with van der Waals surface area (Å²) >= 11 is 3.49. The van der Waals surface area contributed by atoms with Crippen LogP contribution in [0.5, 0.6) is 0 Å². The second kappa shape index (κ2) is 52.1. The lowest BCUT2D eigenvalue weighted by molar-refractivity contribution is 0.101. The Bertz CT molecular complexity index is 6140. The van der Waals surface area contributed by atoms with Crippen molar-refractivity contribution in [3.05, 3.63) is 321 Å². The molecule has 0 aliphatic heterocycles. The lowest BCUT2D eigenvalue weighted by atomic mass is 9.98. The highest BCUT2D eigenvalue weighted by atomic mass is 79.9. The van der Waals surface area contributed by atoms with E-state index >= 15 is 0 Å². The van der Waals surface area contributed by atoms with Crippen LogP contribution >= 0.6 is 15.9 Å². The Morgan fingerprint density at radius 1 is 0.315 bits per heavy atom. The zero-order valence-corrected chi connectivity index (χ0v) is 73.2. The maximum atomic E-state index is 13.4. The molecule has 0 saturated heterocycles. The number of ketones is 1. The number of aliphatic hydroxyl groups excluding tert-OH is 1. The van der Waals surface area contributed by atoms with E-state index in [1.165, 1.54) is 108 Å². The molecule has 0 spiro atoms. The molecule has 9 aromatic heterocycles. The van der Waals surface area contributed by atoms with E-state index in [4.69, 9.17) is 5.11 Å². The van der Waals surface area contributed by atoms with Gasteiger partial charge >= 0.3 is 0 Å². The fourth-order valence-corrected chi connectivity index (χ4v) is 15.2. The minimum atomic E-state index is -0.190. The summed E-state index contributed by atoms with van der Waals surface area (Å²) in [5.74, 6) is 3.73. The van der Waals surface area contributed by atoms with Gasteiger partial charge in [-0.15, -0.1) is 0 Å². The third kappa shape index (κ3) is 28.3. The van der Waals surface area contributed by atoms with Gasteiger partial charge in [0.2, 0.25) is 0 Å². The Morgan fingerprint density at radius 2 is 0.693 bits per heavy atom. The highest BCUT2D eigenvalue weighted by Gasteiger charge is 2.19. The van der Waals surface area contributed by atoms with E-state index in [0.717, 1.165) is 81.4 Å². The van der Waals surface area contributed by atoms with E-state index in [-0.39, 0.29) is 102 Å². The fourth-order valence-electron chi connectivity index (χ4n) is 14.8. The number of para-hydroxylation sites is 4. The largest absolute Gasteiger partial charge is 0.392 e. The van der Waals surface area contributed by atoms with Crippen molar-refractivity contribution >= 4 is 120 Å². The molecule has 0 fully saturated rings. The molecule has 0 atom stereocenters. The maximum absolute atomic E-state index is 13.4. The van der Waals surface area contributed by atoms with Gasteiger partial charge in [-0.25, -0.2) is 17.6 Å². The quantitative estimate of drug-likeness (QED) is 0.0458. The van der Waals surface area contributed by atoms with Crippen LogP contribution in [0.15, 0.2) is 236 Å². The van der Waals surface area contributed by atoms with Gasteiger partial charge in [0.15, 0.2) is 5.78 Å². The average molecular weight is 1800 g/mol. The minimum Gasteiger partial charge on any atom is -0.392 e. The summed E-state index contributed by atoms with van der Waals surface area (Å²) in [7, 11) is 0. The van der Waals surface area contributed by atoms with Crippen LogP contribution in [0.25, 0.3) is 98.1 Å². The first kappa shape index (κ1) is 114. The van der Waals surface area contributed by atoms with Crippen LogP contribution in [0.2, 0.25) is 0 Å². The smallest absolute Gasteiger partial charge is 0.176 e. The minimum absolute atomic E-state index is 0. The Balaban J connectivity index is 0.000000708. The number of benzene rings is 9. The van der Waals surface area contributed by atoms with Crippen molar-refractivity contribution in [1.82, 2.24) is 44.9 Å². The van der Waals surface area contributed by atoms with Crippen LogP contribution in [0.4, 0.5) is 17.6 Å². The van der Waals surface area contributed by atoms with Gasteiger partial charge < -0.3 is 50.0 Å². The van der Waals surface area contributed by atoms with Gasteiger partial charge in [-0.3, -0.25) is 4.79 Å². The van der Waals surface area contributed by atoms with E-state index in [2.05, 4.69) is 289 Å². The van der Waals surface area contributed by atoms with Gasteiger partial charge in [-0.2, -0.15) is 0 Å². The summed E-state index contributed by atoms with van der Waals surface area (Å²) in [4.78, 5) is 40.1. The normalized spacial score (nSPS) is 10.5. The van der Waals surface area contributed by atoms with E-state index in [1.807, 2.05) is 73.3 Å². The van der Waals surface area contributed by atoms with Crippen molar-refractivity contribution in [2.45, 2.75) is 258 Å². The van der Waals surface area contributed by atoms with E-state index in [1.54, 1.807) is 31.2 Å². The molecule has 127 heavy (non-hydrogen) atoms. The number of aliphatic hydroxyl groups is 1. The molecule has 18 aromatic rings. The lowest BCUT2D eigenvalue weighted by Crippen LogP contribution is -1.99. The maximum Gasteiger partial charge on any atom is 0.176 e. The predicted octanol–water partition coefficient (Wildman–Crippen LogP) is 36.4. The number of fused-ring (bicyclic) bond motifs is 9. The Kier molecular flexibility index (Phi) is 46.6. The van der Waals surface area contributed by atoms with Gasteiger partial charge in [0, 0.05) is 148 Å². The van der Waals surface area contributed by atoms with E-state index in [9.17, 15) is 22.4 Å². The van der Waals surface area contributed by atoms with Gasteiger partial charge in [-0.05, 0) is 218 Å². The fraction of sp³-hybridized carbons (Fsp3) is 0.342. The number of Topliss-reactive ketones (excluding diaryl/α,β-unsaturated/α-hetero) is 1. The molecule has 0 aliphatic rings. The molecule has 0 radical (unpaired) electrons. The molecular weight excluding hydrogens is 1650 g/mol. The van der Waals surface area contributed by atoms with E-state index in [0.29, 0.717) is 58.8 Å². The number of rotatable bonds is 11. The van der Waals surface area contributed by atoms with Crippen LogP contribution in [-0.4, -0.2) is 55.7 Å². The van der Waals surface area contributed by atoms with Gasteiger partial charge in [0.05, 0.1) is 17.8 Å². The molecule has 0 bridgehead atoms. The van der Waals surface area contributed by atoms with Crippen molar-refractivity contribution in [2.24, 2.45) is 0 Å². The van der Waals surface area contributed by atoms with Crippen LogP contribution in [0.3, 0.4) is 0 Å². The highest BCUT2D eigenvalue weighted by Crippen LogP contribution is 2.35. The number of aromatic amines is 9. The Hall–Kier alpha value is -11.3. The highest BCUT2D eigenvalue weighted by molar-refractivity contribution is 9.10. The molecule has 688 valence electrons. The summed E-state index contributed by atoms with van der Waals surface area (Å²) in [6.07, 6.45) is 13.9. The summed E-state index contributed by atoms with van der Waals surface area (Å²) in [5.41, 5.74) is 22.2. The monoisotopic (exact) mass is 1800 g/mol. The summed E-state index contributed by atoms with van der Waals surface area (Å²) in [5, 5.41) is 19.3. The van der Waals surface area contributed by atoms with Crippen LogP contribution in [0, 0.1) is 23.3 Å². The Morgan fingerprint density at radius 3 is 1.20 bits per heavy atom. The molecule has 9 heterocycles. The van der Waals surface area contributed by atoms with Crippen LogP contribution in [0.1, 0.15) is 318 Å². The number of carbonyl (C=O) groups excluding carboxylic acids is 1. The number of hydrogen-bond acceptors (Lipinski definition) is 2. The molecule has 16 heteroatoms. The van der Waals surface area contributed by atoms with Crippen molar-refractivity contribution in [3.63, 3.8) is 0 Å². The zero-order chi connectivity index (χ0) is 85.3. The number of H-pyrrole nitrogens is 9. The number of nitrogens with one attached hydrogen (secondary N) is 9. The van der Waals surface area contributed by atoms with E-state index < -0.39 is 0 Å². The van der Waals surface area contributed by atoms with Crippen molar-refractivity contribution < 1.29 is 27.5 Å². The van der Waals surface area contributed by atoms with Crippen LogP contribution < -0.4 is 0 Å². The van der Waals surface area contributed by atoms with Gasteiger partial charge in [-0.1, -0.05) is 286 Å². The number of hydrogen-bond donors (Lipinski definition) is 10. The average Bonchev–Trinajstić information content (AvgIpc) is 1.64. The molecule has 0 saturated carbocycles. The SMILES string of the molecule is C.C.C.C.C.C.C.C.C.CC(=O)c1[nH]c2ccccc2c1C(C)C.CC(C)c1c[nH]c2c(F)cccc12.CC(C)c1c[nH]c2cc(F)ccc12.CC(C)c1c[nH]c2ccc(Br)cc12.CC(C)c1c[nH]c2ccc(CO)cc12.CC(C)c1c[nH]c2ccc(F)cc12.CC(C)c1c[nH]c2cccc(F)c12.CC(C)c1c[nH]c2ccccc12.CC(C)c1cc2ccccc2[nH]1. The van der Waals surface area contributed by atoms with Crippen molar-refractivity contribution in [3.8, 4) is 0 Å². The third-order valence-electron chi connectivity index (χ3n) is 21.2. The van der Waals surface area contributed by atoms with Crippen LogP contribution in [-0.2, 0) is 6.61 Å². The molecule has 0 unspecified atom stereocenters. The molecule has 10 N–H and O–H groups in total. The number of carbonyl (C=O) groups is 1. The topological polar surface area (TPSA) is 179 Å². The second-order valence-electron chi connectivity index (χ2n) is 32.9. The second-order valence-corrected chi connectivity index (χ2v) is 33.8. The molecule has 11 nitrogen and oxygen atoms in total. The standard InChI is InChI=1S/C13H15NO.C12H15NO.C11H12BrN.4C11H12FN.2C11H13N.9CH4/c1-8(2)12-10-6-4-5-7-11(10)14-13(12)9(3)15;1-8(2)11-6-13-12-4-3-9(7-14)5-10(11)12;2*1-7(2)10-6-13-11-4-3-8(12)5-9(10)11;1-7(2)10-6-13-11-5-8(12)3-4-9(10)11;1-7(2)8-6-13-10-5-3-4-9(12)11(8)10;1-7(2)9-6-13-11-8(9)4-3-5-10(11)12;1-8(2)10-7-12-11-6-4-3-5-9(10)11;1-8(2)11-7-9-5-3-4-6-10(9)12-11;;;;;;;;;/h4-8,14H,1-3H3;3-6,8,13-14H,7H2,1-2H3;5*3-7,13H,1-2H3;2*3-8,12H,1-2H3;9*1H4. The molecular formula is C111H152BrF4N9O2. The first-order valence-electron chi connectivity index (χ1n) is 41.1. The third-order valence-corrected chi connectivity index (χ3v) is 21.7. The first-order valence-corrected chi connectivity index (χ1v) is 41.9. The lowest BCUT2D eigenvalue weighted by Gasteiger charge is -2.05. The van der Waals surface area contributed by atoms with Gasteiger partial charge in [0.25, 0.3) is 0 Å². The molecule has 0 amide bonds. The van der Waals surface area contributed by atoms with Gasteiger partial charge in [0.1, 0.15) is 23.3 Å². The summed E-state index contributed by atoms with van der Waals surface area (Å²) in [6, 6.07) is 59.4. The predicted molar refractivity (Wildman–Crippen MR) is 556 cm³/mol. The number of aromatic nitrogens is 9. The van der Waals surface area contributed by atoms with Crippen molar-refractivity contribution in [2.75, 3.05) is 0 Å². The molecule has 9 aromatic carbocycles. The Labute approximate surface area is 766 Å². The summed E-state index contributed by atoms with van der Waals surface area (Å²) < 4.78 is 53.6. The molecule has 0 aliphatic carbocycles. The zero-order valence-electron chi connectivity index (χ0n) is 71.6. The molecule has 18 rings (SSSR count). The summed E-state index contributed by atoms with van der Waals surface area (Å²) in [6.45, 7) is 40.4. The first-order chi connectivity index (χ1) is 56.3. The van der Waals surface area contributed by atoms with Crippen molar-refractivity contribution in [1.29, 1.82) is 0 Å².